The first-order valence-electron chi connectivity index (χ1n) is 8.89. The van der Waals surface area contributed by atoms with Crippen LogP contribution >= 0.6 is 11.3 Å². The zero-order valence-corrected chi connectivity index (χ0v) is 16.3. The Kier molecular flexibility index (Phi) is 4.72. The lowest BCUT2D eigenvalue weighted by Gasteiger charge is -2.08. The van der Waals surface area contributed by atoms with Crippen molar-refractivity contribution in [3.05, 3.63) is 53.0 Å². The molecular formula is C20H21N5OS. The van der Waals surface area contributed by atoms with Crippen LogP contribution in [0.2, 0.25) is 0 Å². The largest absolute Gasteiger partial charge is 0.393 e. The SMILES string of the molecule is Cc1nnc2sc3c(NCc4ccc(CC(C)O)cc4)ncnc3c2c1C. The first kappa shape index (κ1) is 17.8. The van der Waals surface area contributed by atoms with Crippen LogP contribution in [-0.4, -0.2) is 31.4 Å². The number of rotatable bonds is 5. The van der Waals surface area contributed by atoms with E-state index >= 15 is 0 Å². The van der Waals surface area contributed by atoms with Gasteiger partial charge in [0, 0.05) is 11.9 Å². The molecule has 2 N–H and O–H groups in total. The second-order valence-corrected chi connectivity index (χ2v) is 7.81. The molecule has 138 valence electrons. The number of fused-ring (bicyclic) bond motifs is 3. The molecule has 1 atom stereocenters. The molecule has 0 fully saturated rings. The molecule has 1 unspecified atom stereocenters. The summed E-state index contributed by atoms with van der Waals surface area (Å²) in [7, 11) is 0. The van der Waals surface area contributed by atoms with Crippen molar-refractivity contribution in [1.29, 1.82) is 0 Å². The number of aliphatic hydroxyl groups is 1. The highest BCUT2D eigenvalue weighted by Crippen LogP contribution is 2.36. The van der Waals surface area contributed by atoms with Crippen LogP contribution in [0.25, 0.3) is 20.4 Å². The second-order valence-electron chi connectivity index (χ2n) is 6.82. The Bertz CT molecular complexity index is 1100. The summed E-state index contributed by atoms with van der Waals surface area (Å²) in [5.74, 6) is 0.813. The number of hydrogen-bond acceptors (Lipinski definition) is 7. The molecule has 0 saturated carbocycles. The highest BCUT2D eigenvalue weighted by molar-refractivity contribution is 7.25. The summed E-state index contributed by atoms with van der Waals surface area (Å²) in [5, 5.41) is 22.5. The van der Waals surface area contributed by atoms with E-state index in [2.05, 4.69) is 56.7 Å². The molecule has 4 rings (SSSR count). The minimum Gasteiger partial charge on any atom is -0.393 e. The summed E-state index contributed by atoms with van der Waals surface area (Å²) >= 11 is 1.57. The lowest BCUT2D eigenvalue weighted by atomic mass is 10.1. The van der Waals surface area contributed by atoms with Gasteiger partial charge in [-0.05, 0) is 43.9 Å². The predicted octanol–water partition coefficient (Wildman–Crippen LogP) is 3.79. The fourth-order valence-corrected chi connectivity index (χ4v) is 4.23. The summed E-state index contributed by atoms with van der Waals surface area (Å²) in [6.07, 6.45) is 1.94. The van der Waals surface area contributed by atoms with E-state index in [9.17, 15) is 5.11 Å². The van der Waals surface area contributed by atoms with Crippen molar-refractivity contribution in [1.82, 2.24) is 20.2 Å². The van der Waals surface area contributed by atoms with E-state index in [0.29, 0.717) is 13.0 Å². The molecule has 0 radical (unpaired) electrons. The molecule has 0 spiro atoms. The Morgan fingerprint density at radius 2 is 1.81 bits per heavy atom. The normalized spacial score (nSPS) is 12.6. The summed E-state index contributed by atoms with van der Waals surface area (Å²) in [4.78, 5) is 9.82. The first-order valence-corrected chi connectivity index (χ1v) is 9.71. The number of anilines is 1. The summed E-state index contributed by atoms with van der Waals surface area (Å²) in [6, 6.07) is 8.26. The third-order valence-corrected chi connectivity index (χ3v) is 5.75. The number of aryl methyl sites for hydroxylation is 2. The Balaban J connectivity index is 1.62. The quantitative estimate of drug-likeness (QED) is 0.549. The number of hydrogen-bond donors (Lipinski definition) is 2. The van der Waals surface area contributed by atoms with Gasteiger partial charge in [0.15, 0.2) is 0 Å². The van der Waals surface area contributed by atoms with E-state index in [1.807, 2.05) is 6.92 Å². The standard InChI is InChI=1S/C20H21N5OS/c1-11(26)8-14-4-6-15(7-5-14)9-21-19-18-17(22-10-23-19)16-12(2)13(3)24-25-20(16)27-18/h4-7,10-11,26H,8-9H2,1-3H3,(H,21,22,23). The summed E-state index contributed by atoms with van der Waals surface area (Å²) in [5.41, 5.74) is 5.25. The fraction of sp³-hybridized carbons (Fsp3) is 0.300. The van der Waals surface area contributed by atoms with Crippen LogP contribution in [0.3, 0.4) is 0 Å². The minimum absolute atomic E-state index is 0.327. The van der Waals surface area contributed by atoms with Crippen LogP contribution in [0.4, 0.5) is 5.82 Å². The van der Waals surface area contributed by atoms with Crippen molar-refractivity contribution in [3.63, 3.8) is 0 Å². The van der Waals surface area contributed by atoms with Crippen LogP contribution in [0.5, 0.6) is 0 Å². The Hall–Kier alpha value is -2.64. The summed E-state index contributed by atoms with van der Waals surface area (Å²) < 4.78 is 1.00. The minimum atomic E-state index is -0.327. The number of nitrogens with one attached hydrogen (secondary N) is 1. The molecule has 7 heteroatoms. The fourth-order valence-electron chi connectivity index (χ4n) is 3.13. The van der Waals surface area contributed by atoms with E-state index < -0.39 is 0 Å². The maximum atomic E-state index is 9.49. The molecule has 0 aliphatic rings. The van der Waals surface area contributed by atoms with Crippen molar-refractivity contribution < 1.29 is 5.11 Å². The van der Waals surface area contributed by atoms with Gasteiger partial charge in [-0.3, -0.25) is 0 Å². The van der Waals surface area contributed by atoms with Gasteiger partial charge in [0.2, 0.25) is 0 Å². The molecule has 6 nitrogen and oxygen atoms in total. The number of nitrogens with zero attached hydrogens (tertiary/aromatic N) is 4. The van der Waals surface area contributed by atoms with Gasteiger partial charge in [-0.2, -0.15) is 5.10 Å². The van der Waals surface area contributed by atoms with Crippen LogP contribution in [0, 0.1) is 13.8 Å². The zero-order valence-electron chi connectivity index (χ0n) is 15.5. The van der Waals surface area contributed by atoms with E-state index in [-0.39, 0.29) is 6.10 Å². The van der Waals surface area contributed by atoms with Crippen LogP contribution in [0.15, 0.2) is 30.6 Å². The van der Waals surface area contributed by atoms with Gasteiger partial charge >= 0.3 is 0 Å². The van der Waals surface area contributed by atoms with E-state index in [4.69, 9.17) is 0 Å². The highest BCUT2D eigenvalue weighted by atomic mass is 32.1. The van der Waals surface area contributed by atoms with Crippen molar-refractivity contribution in [2.24, 2.45) is 0 Å². The molecule has 3 aromatic heterocycles. The van der Waals surface area contributed by atoms with Crippen molar-refractivity contribution in [2.45, 2.75) is 39.8 Å². The number of thiophene rings is 1. The van der Waals surface area contributed by atoms with Crippen LogP contribution in [-0.2, 0) is 13.0 Å². The third kappa shape index (κ3) is 3.48. The molecule has 0 aliphatic heterocycles. The number of aromatic nitrogens is 4. The lowest BCUT2D eigenvalue weighted by Crippen LogP contribution is -2.05. The second kappa shape index (κ2) is 7.17. The topological polar surface area (TPSA) is 83.8 Å². The van der Waals surface area contributed by atoms with Crippen molar-refractivity contribution >= 4 is 37.6 Å². The molecular weight excluding hydrogens is 358 g/mol. The Morgan fingerprint density at radius 3 is 2.56 bits per heavy atom. The van der Waals surface area contributed by atoms with E-state index in [1.165, 1.54) is 0 Å². The van der Waals surface area contributed by atoms with Gasteiger partial charge in [-0.25, -0.2) is 9.97 Å². The van der Waals surface area contributed by atoms with Gasteiger partial charge in [0.05, 0.1) is 22.0 Å². The smallest absolute Gasteiger partial charge is 0.149 e. The van der Waals surface area contributed by atoms with Gasteiger partial charge in [0.25, 0.3) is 0 Å². The van der Waals surface area contributed by atoms with E-state index in [1.54, 1.807) is 24.6 Å². The predicted molar refractivity (Wildman–Crippen MR) is 109 cm³/mol. The maximum Gasteiger partial charge on any atom is 0.149 e. The van der Waals surface area contributed by atoms with Crippen LogP contribution < -0.4 is 5.32 Å². The summed E-state index contributed by atoms with van der Waals surface area (Å²) in [6.45, 7) is 6.49. The highest BCUT2D eigenvalue weighted by Gasteiger charge is 2.15. The van der Waals surface area contributed by atoms with Crippen LogP contribution in [0.1, 0.15) is 29.3 Å². The Morgan fingerprint density at radius 1 is 1.07 bits per heavy atom. The van der Waals surface area contributed by atoms with Gasteiger partial charge in [-0.1, -0.05) is 24.3 Å². The molecule has 0 bridgehead atoms. The number of aliphatic hydroxyl groups excluding tert-OH is 1. The molecule has 0 aliphatic carbocycles. The molecule has 0 amide bonds. The molecule has 3 heterocycles. The van der Waals surface area contributed by atoms with E-state index in [0.717, 1.165) is 48.6 Å². The third-order valence-electron chi connectivity index (χ3n) is 4.68. The van der Waals surface area contributed by atoms with Gasteiger partial charge in [-0.15, -0.1) is 16.4 Å². The Labute approximate surface area is 161 Å². The zero-order chi connectivity index (χ0) is 19.0. The molecule has 0 saturated heterocycles. The molecule has 27 heavy (non-hydrogen) atoms. The molecule has 1 aromatic carbocycles. The average Bonchev–Trinajstić information content (AvgIpc) is 3.03. The van der Waals surface area contributed by atoms with Crippen molar-refractivity contribution in [2.75, 3.05) is 5.32 Å². The van der Waals surface area contributed by atoms with Gasteiger partial charge in [0.1, 0.15) is 17.0 Å². The average molecular weight is 379 g/mol. The maximum absolute atomic E-state index is 9.49. The molecule has 4 aromatic rings. The van der Waals surface area contributed by atoms with Gasteiger partial charge < -0.3 is 10.4 Å². The number of benzene rings is 1. The monoisotopic (exact) mass is 379 g/mol. The lowest BCUT2D eigenvalue weighted by molar-refractivity contribution is 0.195. The first-order chi connectivity index (χ1) is 13.0. The van der Waals surface area contributed by atoms with Crippen molar-refractivity contribution in [3.8, 4) is 0 Å².